The molecule has 21 heavy (non-hydrogen) atoms. The van der Waals surface area contributed by atoms with Gasteiger partial charge in [0.15, 0.2) is 0 Å². The van der Waals surface area contributed by atoms with E-state index in [1.54, 1.807) is 0 Å². The standard InChI is InChI=1S/C17H20BrN3/c18-15-7-5-14(6-8-15)17(16-4-1-2-10-20-16)21-12-3-9-19-11-13-21/h1-2,4-8,10,17,19H,3,9,11-13H2. The van der Waals surface area contributed by atoms with Crippen LogP contribution in [0.1, 0.15) is 23.7 Å². The molecule has 3 nitrogen and oxygen atoms in total. The Morgan fingerprint density at radius 3 is 2.67 bits per heavy atom. The minimum absolute atomic E-state index is 0.235. The molecule has 2 aromatic rings. The smallest absolute Gasteiger partial charge is 0.0776 e. The summed E-state index contributed by atoms with van der Waals surface area (Å²) in [5.74, 6) is 0. The van der Waals surface area contributed by atoms with Gasteiger partial charge < -0.3 is 5.32 Å². The Bertz CT molecular complexity index is 548. The number of halogens is 1. The van der Waals surface area contributed by atoms with Crippen molar-refractivity contribution in [2.75, 3.05) is 26.2 Å². The van der Waals surface area contributed by atoms with Gasteiger partial charge in [-0.3, -0.25) is 9.88 Å². The minimum atomic E-state index is 0.235. The lowest BCUT2D eigenvalue weighted by atomic mass is 10.0. The van der Waals surface area contributed by atoms with Crippen LogP contribution in [0.25, 0.3) is 0 Å². The van der Waals surface area contributed by atoms with E-state index >= 15 is 0 Å². The number of rotatable bonds is 3. The maximum absolute atomic E-state index is 4.61. The zero-order valence-electron chi connectivity index (χ0n) is 12.0. The molecule has 1 N–H and O–H groups in total. The van der Waals surface area contributed by atoms with Gasteiger partial charge in [0.2, 0.25) is 0 Å². The number of nitrogens with zero attached hydrogens (tertiary/aromatic N) is 2. The Balaban J connectivity index is 1.95. The first-order valence-electron chi connectivity index (χ1n) is 7.46. The highest BCUT2D eigenvalue weighted by Gasteiger charge is 2.23. The fourth-order valence-corrected chi connectivity index (χ4v) is 3.14. The number of nitrogens with one attached hydrogen (secondary N) is 1. The molecule has 1 aromatic carbocycles. The van der Waals surface area contributed by atoms with Crippen molar-refractivity contribution >= 4 is 15.9 Å². The van der Waals surface area contributed by atoms with Gasteiger partial charge in [-0.1, -0.05) is 34.1 Å². The van der Waals surface area contributed by atoms with E-state index in [0.717, 1.165) is 36.3 Å². The van der Waals surface area contributed by atoms with Crippen LogP contribution in [0.2, 0.25) is 0 Å². The lowest BCUT2D eigenvalue weighted by Gasteiger charge is -2.30. The number of hydrogen-bond acceptors (Lipinski definition) is 3. The minimum Gasteiger partial charge on any atom is -0.315 e. The number of pyridine rings is 1. The van der Waals surface area contributed by atoms with Gasteiger partial charge in [-0.25, -0.2) is 0 Å². The largest absolute Gasteiger partial charge is 0.315 e. The van der Waals surface area contributed by atoms with Crippen molar-refractivity contribution in [2.24, 2.45) is 0 Å². The van der Waals surface area contributed by atoms with Gasteiger partial charge in [0, 0.05) is 30.3 Å². The van der Waals surface area contributed by atoms with Gasteiger partial charge in [0.05, 0.1) is 11.7 Å². The van der Waals surface area contributed by atoms with Crippen LogP contribution in [0.5, 0.6) is 0 Å². The SMILES string of the molecule is Brc1ccc(C(c2ccccn2)N2CCCNCC2)cc1. The quantitative estimate of drug-likeness (QED) is 0.925. The zero-order chi connectivity index (χ0) is 14.5. The molecule has 0 radical (unpaired) electrons. The highest BCUT2D eigenvalue weighted by molar-refractivity contribution is 9.10. The highest BCUT2D eigenvalue weighted by atomic mass is 79.9. The van der Waals surface area contributed by atoms with E-state index in [0.29, 0.717) is 0 Å². The zero-order valence-corrected chi connectivity index (χ0v) is 13.6. The number of benzene rings is 1. The topological polar surface area (TPSA) is 28.2 Å². The predicted molar refractivity (Wildman–Crippen MR) is 89.3 cm³/mol. The van der Waals surface area contributed by atoms with Crippen molar-refractivity contribution in [1.29, 1.82) is 0 Å². The molecule has 0 aliphatic carbocycles. The molecular formula is C17H20BrN3. The van der Waals surface area contributed by atoms with E-state index in [2.05, 4.69) is 67.5 Å². The molecule has 110 valence electrons. The summed E-state index contributed by atoms with van der Waals surface area (Å²) >= 11 is 3.52. The van der Waals surface area contributed by atoms with Crippen molar-refractivity contribution in [3.05, 3.63) is 64.4 Å². The summed E-state index contributed by atoms with van der Waals surface area (Å²) in [7, 11) is 0. The highest BCUT2D eigenvalue weighted by Crippen LogP contribution is 2.28. The van der Waals surface area contributed by atoms with Crippen molar-refractivity contribution in [2.45, 2.75) is 12.5 Å². The maximum atomic E-state index is 4.61. The lowest BCUT2D eigenvalue weighted by molar-refractivity contribution is 0.237. The van der Waals surface area contributed by atoms with Gasteiger partial charge in [-0.15, -0.1) is 0 Å². The summed E-state index contributed by atoms with van der Waals surface area (Å²) in [4.78, 5) is 7.14. The molecular weight excluding hydrogens is 326 g/mol. The lowest BCUT2D eigenvalue weighted by Crippen LogP contribution is -2.33. The maximum Gasteiger partial charge on any atom is 0.0776 e. The molecule has 4 heteroatoms. The Kier molecular flexibility index (Phi) is 5.01. The molecule has 0 bridgehead atoms. The Morgan fingerprint density at radius 2 is 1.90 bits per heavy atom. The molecule has 0 amide bonds. The normalized spacial score (nSPS) is 18.1. The molecule has 1 fully saturated rings. The van der Waals surface area contributed by atoms with Crippen molar-refractivity contribution in [3.63, 3.8) is 0 Å². The van der Waals surface area contributed by atoms with Gasteiger partial charge >= 0.3 is 0 Å². The molecule has 3 rings (SSSR count). The van der Waals surface area contributed by atoms with Crippen LogP contribution in [0.3, 0.4) is 0 Å². The second-order valence-electron chi connectivity index (χ2n) is 5.35. The van der Waals surface area contributed by atoms with E-state index in [1.807, 2.05) is 12.3 Å². The molecule has 1 saturated heterocycles. The average Bonchev–Trinajstić information content (AvgIpc) is 2.80. The first-order chi connectivity index (χ1) is 10.3. The molecule has 1 atom stereocenters. The first-order valence-corrected chi connectivity index (χ1v) is 8.25. The van der Waals surface area contributed by atoms with Gasteiger partial charge in [0.1, 0.15) is 0 Å². The van der Waals surface area contributed by atoms with Crippen LogP contribution in [0.4, 0.5) is 0 Å². The van der Waals surface area contributed by atoms with Crippen LogP contribution < -0.4 is 5.32 Å². The molecule has 2 heterocycles. The van der Waals surface area contributed by atoms with Crippen LogP contribution >= 0.6 is 15.9 Å². The number of hydrogen-bond donors (Lipinski definition) is 1. The summed E-state index contributed by atoms with van der Waals surface area (Å²) in [6.07, 6.45) is 3.07. The second-order valence-corrected chi connectivity index (χ2v) is 6.26. The van der Waals surface area contributed by atoms with E-state index in [4.69, 9.17) is 0 Å². The third-order valence-corrected chi connectivity index (χ3v) is 4.42. The Labute approximate surface area is 134 Å². The van der Waals surface area contributed by atoms with Gasteiger partial charge in [-0.05, 0) is 42.8 Å². The van der Waals surface area contributed by atoms with E-state index in [-0.39, 0.29) is 6.04 Å². The van der Waals surface area contributed by atoms with Crippen LogP contribution in [-0.4, -0.2) is 36.1 Å². The van der Waals surface area contributed by atoms with E-state index in [1.165, 1.54) is 12.0 Å². The molecule has 1 unspecified atom stereocenters. The fourth-order valence-electron chi connectivity index (χ4n) is 2.88. The third-order valence-electron chi connectivity index (χ3n) is 3.89. The third kappa shape index (κ3) is 3.70. The summed E-state index contributed by atoms with van der Waals surface area (Å²) in [5.41, 5.74) is 2.43. The summed E-state index contributed by atoms with van der Waals surface area (Å²) in [5, 5.41) is 3.47. The van der Waals surface area contributed by atoms with Crippen molar-refractivity contribution in [3.8, 4) is 0 Å². The van der Waals surface area contributed by atoms with E-state index < -0.39 is 0 Å². The van der Waals surface area contributed by atoms with Crippen LogP contribution in [0.15, 0.2) is 53.1 Å². The average molecular weight is 346 g/mol. The molecule has 1 aliphatic heterocycles. The van der Waals surface area contributed by atoms with Crippen molar-refractivity contribution < 1.29 is 0 Å². The van der Waals surface area contributed by atoms with Gasteiger partial charge in [-0.2, -0.15) is 0 Å². The molecule has 0 saturated carbocycles. The van der Waals surface area contributed by atoms with Crippen LogP contribution in [-0.2, 0) is 0 Å². The van der Waals surface area contributed by atoms with E-state index in [9.17, 15) is 0 Å². The molecule has 1 aliphatic rings. The predicted octanol–water partition coefficient (Wildman–Crippen LogP) is 3.23. The summed E-state index contributed by atoms with van der Waals surface area (Å²) in [6.45, 7) is 4.30. The van der Waals surface area contributed by atoms with Crippen molar-refractivity contribution in [1.82, 2.24) is 15.2 Å². The second kappa shape index (κ2) is 7.16. The fraction of sp³-hybridized carbons (Fsp3) is 0.353. The Hall–Kier alpha value is -1.23. The van der Waals surface area contributed by atoms with Crippen LogP contribution in [0, 0.1) is 0 Å². The van der Waals surface area contributed by atoms with Gasteiger partial charge in [0.25, 0.3) is 0 Å². The monoisotopic (exact) mass is 345 g/mol. The molecule has 0 spiro atoms. The molecule has 1 aromatic heterocycles. The summed E-state index contributed by atoms with van der Waals surface area (Å²) < 4.78 is 1.11. The Morgan fingerprint density at radius 1 is 1.05 bits per heavy atom. The first kappa shape index (κ1) is 14.7. The summed E-state index contributed by atoms with van der Waals surface area (Å²) in [6, 6.07) is 15.0. The number of aromatic nitrogens is 1.